The van der Waals surface area contributed by atoms with Gasteiger partial charge in [-0.2, -0.15) is 0 Å². The smallest absolute Gasteiger partial charge is 0.305 e. The van der Waals surface area contributed by atoms with Gasteiger partial charge >= 0.3 is 5.97 Å². The standard InChI is InChI=1S/C26H29N5O5S/c1-16-14-19(17(2)30(16)21-11-10-18(31(33)34)15-22(21)35-3)25-24(20-8-5-6-12-27-20)28-26(37)29(25)13-7-9-23(32)36-4/h5-6,8,10-12,14-15,24-25H,7,9,13H2,1-4H3,(H,28,37)/t24-,25-/m1/s1. The number of esters is 1. The van der Waals surface area contributed by atoms with E-state index in [0.29, 0.717) is 29.5 Å². The maximum atomic E-state index is 11.7. The van der Waals surface area contributed by atoms with E-state index in [-0.39, 0.29) is 30.2 Å². The van der Waals surface area contributed by atoms with Crippen molar-refractivity contribution in [1.29, 1.82) is 0 Å². The maximum absolute atomic E-state index is 11.7. The van der Waals surface area contributed by atoms with Crippen molar-refractivity contribution in [1.82, 2.24) is 19.8 Å². The molecule has 1 aliphatic rings. The van der Waals surface area contributed by atoms with Gasteiger partial charge in [-0.1, -0.05) is 6.07 Å². The zero-order valence-corrected chi connectivity index (χ0v) is 21.9. The molecule has 37 heavy (non-hydrogen) atoms. The summed E-state index contributed by atoms with van der Waals surface area (Å²) in [6.45, 7) is 4.54. The van der Waals surface area contributed by atoms with Crippen LogP contribution in [0.1, 0.15) is 47.6 Å². The number of hydrogen-bond donors (Lipinski definition) is 1. The van der Waals surface area contributed by atoms with Crippen LogP contribution in [-0.2, 0) is 9.53 Å². The normalized spacial score (nSPS) is 17.0. The van der Waals surface area contributed by atoms with Gasteiger partial charge in [-0.3, -0.25) is 19.9 Å². The van der Waals surface area contributed by atoms with Crippen molar-refractivity contribution in [3.63, 3.8) is 0 Å². The first-order valence-electron chi connectivity index (χ1n) is 11.8. The Bertz CT molecular complexity index is 1330. The number of nitrogens with one attached hydrogen (secondary N) is 1. The number of carbonyl (C=O) groups excluding carboxylic acids is 1. The molecule has 1 aliphatic heterocycles. The number of non-ortho nitro benzene ring substituents is 1. The number of benzene rings is 1. The van der Waals surface area contributed by atoms with Gasteiger partial charge < -0.3 is 24.3 Å². The van der Waals surface area contributed by atoms with Gasteiger partial charge in [0.15, 0.2) is 5.11 Å². The summed E-state index contributed by atoms with van der Waals surface area (Å²) in [7, 11) is 2.88. The zero-order chi connectivity index (χ0) is 26.7. The molecule has 3 heterocycles. The van der Waals surface area contributed by atoms with Gasteiger partial charge in [-0.25, -0.2) is 0 Å². The van der Waals surface area contributed by atoms with E-state index < -0.39 is 4.92 Å². The SMILES string of the molecule is COC(=O)CCCN1C(=S)N[C@H](c2ccccn2)[C@H]1c1cc(C)n(-c2ccc([N+](=O)[O-])cc2OC)c1C. The van der Waals surface area contributed by atoms with Crippen LogP contribution < -0.4 is 10.1 Å². The largest absolute Gasteiger partial charge is 0.494 e. The second-order valence-electron chi connectivity index (χ2n) is 8.77. The summed E-state index contributed by atoms with van der Waals surface area (Å²) in [6.07, 6.45) is 2.62. The number of methoxy groups -OCH3 is 2. The first-order chi connectivity index (χ1) is 17.8. The lowest BCUT2D eigenvalue weighted by molar-refractivity contribution is -0.384. The maximum Gasteiger partial charge on any atom is 0.305 e. The molecule has 1 N–H and O–H groups in total. The number of aromatic nitrogens is 2. The first kappa shape index (κ1) is 26.1. The molecule has 1 fully saturated rings. The Kier molecular flexibility index (Phi) is 7.72. The van der Waals surface area contributed by atoms with E-state index in [1.165, 1.54) is 26.4 Å². The second kappa shape index (κ2) is 11.0. The zero-order valence-electron chi connectivity index (χ0n) is 21.1. The number of aryl methyl sites for hydroxylation is 1. The Hall–Kier alpha value is -3.99. The predicted molar refractivity (Wildman–Crippen MR) is 142 cm³/mol. The first-order valence-corrected chi connectivity index (χ1v) is 12.2. The highest BCUT2D eigenvalue weighted by Crippen LogP contribution is 2.42. The van der Waals surface area contributed by atoms with Crippen LogP contribution in [0.5, 0.6) is 5.75 Å². The number of rotatable bonds is 9. The summed E-state index contributed by atoms with van der Waals surface area (Å²) < 4.78 is 12.4. The Morgan fingerprint density at radius 3 is 2.65 bits per heavy atom. The van der Waals surface area contributed by atoms with Crippen LogP contribution >= 0.6 is 12.2 Å². The van der Waals surface area contributed by atoms with E-state index in [4.69, 9.17) is 21.7 Å². The average Bonchev–Trinajstić information content (AvgIpc) is 3.38. The number of thiocarbonyl (C=S) groups is 1. The molecule has 0 unspecified atom stereocenters. The summed E-state index contributed by atoms with van der Waals surface area (Å²) in [6, 6.07) is 12.1. The Balaban J connectivity index is 1.79. The summed E-state index contributed by atoms with van der Waals surface area (Å²) in [5.74, 6) is 0.137. The molecule has 11 heteroatoms. The Labute approximate surface area is 220 Å². The molecule has 0 bridgehead atoms. The summed E-state index contributed by atoms with van der Waals surface area (Å²) >= 11 is 5.74. The summed E-state index contributed by atoms with van der Waals surface area (Å²) in [5.41, 5.74) is 4.42. The van der Waals surface area contributed by atoms with Crippen molar-refractivity contribution in [2.24, 2.45) is 0 Å². The molecule has 0 spiro atoms. The third-order valence-corrected chi connectivity index (χ3v) is 6.96. The van der Waals surface area contributed by atoms with E-state index in [2.05, 4.69) is 21.3 Å². The number of carbonyl (C=O) groups is 1. The molecule has 0 saturated carbocycles. The van der Waals surface area contributed by atoms with Crippen molar-refractivity contribution in [3.05, 3.63) is 81.4 Å². The highest BCUT2D eigenvalue weighted by Gasteiger charge is 2.41. The van der Waals surface area contributed by atoms with Crippen molar-refractivity contribution >= 4 is 29.0 Å². The quantitative estimate of drug-likeness (QED) is 0.190. The fourth-order valence-corrected chi connectivity index (χ4v) is 5.23. The fourth-order valence-electron chi connectivity index (χ4n) is 4.90. The van der Waals surface area contributed by atoms with Gasteiger partial charge in [0, 0.05) is 36.6 Å². The number of hydrogen-bond acceptors (Lipinski definition) is 7. The molecule has 0 aliphatic carbocycles. The number of pyridine rings is 1. The lowest BCUT2D eigenvalue weighted by Gasteiger charge is -2.28. The molecular formula is C26H29N5O5S. The average molecular weight is 524 g/mol. The van der Waals surface area contributed by atoms with Crippen LogP contribution in [0, 0.1) is 24.0 Å². The molecule has 2 aromatic heterocycles. The topological polar surface area (TPSA) is 112 Å². The van der Waals surface area contributed by atoms with Gasteiger partial charge in [0.25, 0.3) is 5.69 Å². The highest BCUT2D eigenvalue weighted by atomic mass is 32.1. The third kappa shape index (κ3) is 5.12. The van der Waals surface area contributed by atoms with Crippen LogP contribution in [-0.4, -0.2) is 51.2 Å². The number of ether oxygens (including phenoxy) is 2. The second-order valence-corrected chi connectivity index (χ2v) is 9.16. The molecule has 4 rings (SSSR count). The third-order valence-electron chi connectivity index (χ3n) is 6.61. The van der Waals surface area contributed by atoms with Gasteiger partial charge in [0.1, 0.15) is 5.75 Å². The van der Waals surface area contributed by atoms with Crippen LogP contribution in [0.3, 0.4) is 0 Å². The van der Waals surface area contributed by atoms with Crippen molar-refractivity contribution in [2.75, 3.05) is 20.8 Å². The lowest BCUT2D eigenvalue weighted by Crippen LogP contribution is -2.31. The van der Waals surface area contributed by atoms with E-state index in [1.807, 2.05) is 36.6 Å². The molecule has 10 nitrogen and oxygen atoms in total. The van der Waals surface area contributed by atoms with Gasteiger partial charge in [-0.15, -0.1) is 0 Å². The van der Waals surface area contributed by atoms with Crippen molar-refractivity contribution < 1.29 is 19.2 Å². The highest BCUT2D eigenvalue weighted by molar-refractivity contribution is 7.80. The van der Waals surface area contributed by atoms with Gasteiger partial charge in [0.2, 0.25) is 0 Å². The van der Waals surface area contributed by atoms with E-state index in [9.17, 15) is 14.9 Å². The summed E-state index contributed by atoms with van der Waals surface area (Å²) in [4.78, 5) is 29.3. The van der Waals surface area contributed by atoms with Gasteiger partial charge in [0.05, 0.1) is 48.7 Å². The van der Waals surface area contributed by atoms with Crippen molar-refractivity contribution in [2.45, 2.75) is 38.8 Å². The number of nitrogens with zero attached hydrogens (tertiary/aromatic N) is 4. The lowest BCUT2D eigenvalue weighted by atomic mass is 9.96. The fraction of sp³-hybridized carbons (Fsp3) is 0.346. The minimum atomic E-state index is -0.443. The molecule has 3 aromatic rings. The molecule has 1 aromatic carbocycles. The van der Waals surface area contributed by atoms with Crippen LogP contribution in [0.2, 0.25) is 0 Å². The molecule has 1 saturated heterocycles. The van der Waals surface area contributed by atoms with E-state index >= 15 is 0 Å². The van der Waals surface area contributed by atoms with Crippen LogP contribution in [0.4, 0.5) is 5.69 Å². The molecule has 0 radical (unpaired) electrons. The van der Waals surface area contributed by atoms with E-state index in [1.54, 1.807) is 12.3 Å². The Morgan fingerprint density at radius 2 is 2.00 bits per heavy atom. The number of nitro groups is 1. The minimum absolute atomic E-state index is 0.0411. The molecule has 0 amide bonds. The summed E-state index contributed by atoms with van der Waals surface area (Å²) in [5, 5.41) is 15.3. The molecule has 2 atom stereocenters. The van der Waals surface area contributed by atoms with Crippen LogP contribution in [0.15, 0.2) is 48.7 Å². The Morgan fingerprint density at radius 1 is 1.22 bits per heavy atom. The molecular weight excluding hydrogens is 494 g/mol. The van der Waals surface area contributed by atoms with Crippen molar-refractivity contribution in [3.8, 4) is 11.4 Å². The van der Waals surface area contributed by atoms with Crippen LogP contribution in [0.25, 0.3) is 5.69 Å². The molecule has 194 valence electrons. The van der Waals surface area contributed by atoms with E-state index in [0.717, 1.165) is 22.6 Å². The predicted octanol–water partition coefficient (Wildman–Crippen LogP) is 4.33. The van der Waals surface area contributed by atoms with Gasteiger partial charge in [-0.05, 0) is 62.3 Å². The monoisotopic (exact) mass is 523 g/mol. The number of nitro benzene ring substituents is 1. The minimum Gasteiger partial charge on any atom is -0.494 e.